The summed E-state index contributed by atoms with van der Waals surface area (Å²) in [6.45, 7) is 4.16. The molecule has 0 heterocycles. The van der Waals surface area contributed by atoms with Crippen molar-refractivity contribution in [2.45, 2.75) is 20.0 Å². The molecule has 0 saturated heterocycles. The van der Waals surface area contributed by atoms with Crippen LogP contribution in [0.5, 0.6) is 0 Å². The first-order valence-corrected chi connectivity index (χ1v) is 6.65. The fourth-order valence-corrected chi connectivity index (χ4v) is 2.77. The van der Waals surface area contributed by atoms with Gasteiger partial charge in [0.05, 0.1) is 6.10 Å². The molecule has 1 heteroatoms. The van der Waals surface area contributed by atoms with Gasteiger partial charge in [-0.25, -0.2) is 0 Å². The lowest BCUT2D eigenvalue weighted by atomic mass is 9.72. The molecule has 0 bridgehead atoms. The van der Waals surface area contributed by atoms with E-state index in [4.69, 9.17) is 0 Å². The molecule has 3 rings (SSSR count). The van der Waals surface area contributed by atoms with Crippen LogP contribution >= 0.6 is 0 Å². The molecule has 0 spiro atoms. The van der Waals surface area contributed by atoms with Gasteiger partial charge in [0.25, 0.3) is 0 Å². The Hall–Kier alpha value is -1.86. The van der Waals surface area contributed by atoms with Crippen LogP contribution in [0.3, 0.4) is 0 Å². The van der Waals surface area contributed by atoms with E-state index < -0.39 is 6.10 Å². The van der Waals surface area contributed by atoms with Gasteiger partial charge < -0.3 is 5.11 Å². The van der Waals surface area contributed by atoms with Gasteiger partial charge in [-0.05, 0) is 22.3 Å². The lowest BCUT2D eigenvalue weighted by molar-refractivity contribution is 0.0799. The summed E-state index contributed by atoms with van der Waals surface area (Å²) in [4.78, 5) is 0. The number of hydrogen-bond acceptors (Lipinski definition) is 1. The van der Waals surface area contributed by atoms with Crippen LogP contribution in [0.25, 0.3) is 5.57 Å². The van der Waals surface area contributed by atoms with Gasteiger partial charge in [0.15, 0.2) is 0 Å². The molecule has 0 radical (unpaired) electrons. The Morgan fingerprint density at radius 2 is 1.53 bits per heavy atom. The highest BCUT2D eigenvalue weighted by molar-refractivity contribution is 5.83. The first-order valence-electron chi connectivity index (χ1n) is 6.65. The zero-order valence-electron chi connectivity index (χ0n) is 11.3. The van der Waals surface area contributed by atoms with E-state index in [9.17, 15) is 5.11 Å². The van der Waals surface area contributed by atoms with Crippen LogP contribution in [0.4, 0.5) is 0 Å². The van der Waals surface area contributed by atoms with Crippen molar-refractivity contribution < 1.29 is 5.11 Å². The smallest absolute Gasteiger partial charge is 0.0881 e. The Morgan fingerprint density at radius 1 is 0.895 bits per heavy atom. The molecule has 0 fully saturated rings. The van der Waals surface area contributed by atoms with E-state index >= 15 is 0 Å². The molecule has 1 nitrogen and oxygen atoms in total. The standard InChI is InChI=1S/C18H18O/c1-18(2)12-16(13-8-4-3-5-9-13)14-10-6-7-11-15(14)17(18)19/h3-12,17,19H,1-2H3. The van der Waals surface area contributed by atoms with E-state index in [1.165, 1.54) is 11.1 Å². The number of aliphatic hydroxyl groups excluding tert-OH is 1. The third-order valence-corrected chi connectivity index (χ3v) is 3.85. The third kappa shape index (κ3) is 2.00. The maximum atomic E-state index is 10.5. The van der Waals surface area contributed by atoms with Crippen molar-refractivity contribution >= 4 is 5.57 Å². The molecule has 1 aliphatic carbocycles. The second kappa shape index (κ2) is 4.36. The second-order valence-electron chi connectivity index (χ2n) is 5.74. The minimum Gasteiger partial charge on any atom is -0.388 e. The summed E-state index contributed by atoms with van der Waals surface area (Å²) in [5.41, 5.74) is 4.33. The van der Waals surface area contributed by atoms with Crippen molar-refractivity contribution in [3.05, 3.63) is 77.4 Å². The number of aliphatic hydroxyl groups is 1. The number of benzene rings is 2. The van der Waals surface area contributed by atoms with E-state index in [2.05, 4.69) is 50.3 Å². The van der Waals surface area contributed by atoms with Crippen molar-refractivity contribution in [3.63, 3.8) is 0 Å². The van der Waals surface area contributed by atoms with Gasteiger partial charge in [-0.3, -0.25) is 0 Å². The Kier molecular flexibility index (Phi) is 2.79. The highest BCUT2D eigenvalue weighted by Crippen LogP contribution is 2.45. The van der Waals surface area contributed by atoms with Crippen LogP contribution in [0.1, 0.15) is 36.6 Å². The Bertz CT molecular complexity index is 623. The van der Waals surface area contributed by atoms with Crippen LogP contribution in [-0.2, 0) is 0 Å². The van der Waals surface area contributed by atoms with Gasteiger partial charge in [-0.15, -0.1) is 0 Å². The maximum absolute atomic E-state index is 10.5. The van der Waals surface area contributed by atoms with E-state index in [0.29, 0.717) is 0 Å². The molecule has 0 aliphatic heterocycles. The summed E-state index contributed by atoms with van der Waals surface area (Å²) in [5, 5.41) is 10.5. The summed E-state index contributed by atoms with van der Waals surface area (Å²) in [6.07, 6.45) is 1.74. The summed E-state index contributed by atoms with van der Waals surface area (Å²) < 4.78 is 0. The highest BCUT2D eigenvalue weighted by Gasteiger charge is 2.34. The fraction of sp³-hybridized carbons (Fsp3) is 0.222. The molecule has 1 aliphatic rings. The molecule has 1 atom stereocenters. The summed E-state index contributed by atoms with van der Waals surface area (Å²) in [7, 11) is 0. The maximum Gasteiger partial charge on any atom is 0.0881 e. The van der Waals surface area contributed by atoms with Gasteiger partial charge >= 0.3 is 0 Å². The first-order chi connectivity index (χ1) is 9.09. The number of hydrogen-bond donors (Lipinski definition) is 1. The SMILES string of the molecule is CC1(C)C=C(c2ccccc2)c2ccccc2C1O. The average molecular weight is 250 g/mol. The number of fused-ring (bicyclic) bond motifs is 1. The minimum absolute atomic E-state index is 0.250. The predicted molar refractivity (Wildman–Crippen MR) is 78.7 cm³/mol. The molecule has 96 valence electrons. The molecule has 19 heavy (non-hydrogen) atoms. The zero-order chi connectivity index (χ0) is 13.5. The normalized spacial score (nSPS) is 20.6. The third-order valence-electron chi connectivity index (χ3n) is 3.85. The van der Waals surface area contributed by atoms with E-state index in [0.717, 1.165) is 11.1 Å². The second-order valence-corrected chi connectivity index (χ2v) is 5.74. The summed E-state index contributed by atoms with van der Waals surface area (Å²) in [5.74, 6) is 0. The van der Waals surface area contributed by atoms with Crippen LogP contribution in [0.2, 0.25) is 0 Å². The van der Waals surface area contributed by atoms with Crippen molar-refractivity contribution in [1.29, 1.82) is 0 Å². The summed E-state index contributed by atoms with van der Waals surface area (Å²) >= 11 is 0. The van der Waals surface area contributed by atoms with Gasteiger partial charge in [0, 0.05) is 5.41 Å². The van der Waals surface area contributed by atoms with Gasteiger partial charge in [0.2, 0.25) is 0 Å². The van der Waals surface area contributed by atoms with Gasteiger partial charge in [-0.2, -0.15) is 0 Å². The van der Waals surface area contributed by atoms with Crippen molar-refractivity contribution in [2.24, 2.45) is 5.41 Å². The molecule has 0 aromatic heterocycles. The highest BCUT2D eigenvalue weighted by atomic mass is 16.3. The lowest BCUT2D eigenvalue weighted by Gasteiger charge is -2.35. The molecule has 2 aromatic carbocycles. The quantitative estimate of drug-likeness (QED) is 0.804. The molecule has 0 saturated carbocycles. The van der Waals surface area contributed by atoms with Gasteiger partial charge in [0.1, 0.15) is 0 Å². The first kappa shape index (κ1) is 12.2. The van der Waals surface area contributed by atoms with Crippen LogP contribution in [0.15, 0.2) is 60.7 Å². The molecular weight excluding hydrogens is 232 g/mol. The monoisotopic (exact) mass is 250 g/mol. The topological polar surface area (TPSA) is 20.2 Å². The largest absolute Gasteiger partial charge is 0.388 e. The van der Waals surface area contributed by atoms with E-state index in [1.54, 1.807) is 0 Å². The Morgan fingerprint density at radius 3 is 2.26 bits per heavy atom. The van der Waals surface area contributed by atoms with Gasteiger partial charge in [-0.1, -0.05) is 74.5 Å². The molecule has 1 N–H and O–H groups in total. The predicted octanol–water partition coefficient (Wildman–Crippen LogP) is 4.19. The van der Waals surface area contributed by atoms with Crippen molar-refractivity contribution in [3.8, 4) is 0 Å². The molecule has 1 unspecified atom stereocenters. The zero-order valence-corrected chi connectivity index (χ0v) is 11.3. The van der Waals surface area contributed by atoms with Crippen molar-refractivity contribution in [1.82, 2.24) is 0 Å². The Balaban J connectivity index is 2.24. The van der Waals surface area contributed by atoms with E-state index in [1.807, 2.05) is 24.3 Å². The van der Waals surface area contributed by atoms with Crippen molar-refractivity contribution in [2.75, 3.05) is 0 Å². The lowest BCUT2D eigenvalue weighted by Crippen LogP contribution is -2.24. The van der Waals surface area contributed by atoms with Crippen LogP contribution in [-0.4, -0.2) is 5.11 Å². The molecular formula is C18H18O. The summed E-state index contributed by atoms with van der Waals surface area (Å²) in [6, 6.07) is 18.5. The van der Waals surface area contributed by atoms with E-state index in [-0.39, 0.29) is 5.41 Å². The average Bonchev–Trinajstić information content (AvgIpc) is 2.44. The van der Waals surface area contributed by atoms with Crippen LogP contribution in [0, 0.1) is 5.41 Å². The minimum atomic E-state index is -0.448. The molecule has 2 aromatic rings. The molecule has 0 amide bonds. The Labute approximate surface area is 114 Å². The number of rotatable bonds is 1. The fourth-order valence-electron chi connectivity index (χ4n) is 2.77. The van der Waals surface area contributed by atoms with Crippen LogP contribution < -0.4 is 0 Å².